The highest BCUT2D eigenvalue weighted by atomic mass is 32.2. The molecule has 3 aromatic carbocycles. The number of hydrogen-bond acceptors (Lipinski definition) is 5. The Morgan fingerprint density at radius 3 is 2.31 bits per heavy atom. The Morgan fingerprint density at radius 1 is 0.938 bits per heavy atom. The standard InChI is InChI=1S/C23H21N3O5S/c1-15-6-11-21(16(2)12-15)26-32(30,31)20-5-3-4-19(13-20)22(27)25-24-14-17-7-9-18(10-8-17)23(28)29/h3-14,26H,1-2H3,(H,25,27)(H,28,29)/b24-14-. The van der Waals surface area contributed by atoms with Crippen molar-refractivity contribution in [2.45, 2.75) is 18.7 Å². The highest BCUT2D eigenvalue weighted by Crippen LogP contribution is 2.21. The van der Waals surface area contributed by atoms with E-state index in [9.17, 15) is 18.0 Å². The first-order valence-electron chi connectivity index (χ1n) is 9.52. The number of benzene rings is 3. The molecule has 8 nitrogen and oxygen atoms in total. The number of carbonyl (C=O) groups excluding carboxylic acids is 1. The fourth-order valence-corrected chi connectivity index (χ4v) is 4.05. The summed E-state index contributed by atoms with van der Waals surface area (Å²) >= 11 is 0. The lowest BCUT2D eigenvalue weighted by atomic mass is 10.1. The molecular formula is C23H21N3O5S. The Morgan fingerprint density at radius 2 is 1.66 bits per heavy atom. The van der Waals surface area contributed by atoms with Gasteiger partial charge < -0.3 is 5.11 Å². The Kier molecular flexibility index (Phi) is 6.70. The first-order valence-corrected chi connectivity index (χ1v) is 11.0. The summed E-state index contributed by atoms with van der Waals surface area (Å²) < 4.78 is 28.1. The topological polar surface area (TPSA) is 125 Å². The summed E-state index contributed by atoms with van der Waals surface area (Å²) in [6, 6.07) is 16.9. The van der Waals surface area contributed by atoms with Crippen LogP contribution in [0, 0.1) is 13.8 Å². The van der Waals surface area contributed by atoms with E-state index in [1.807, 2.05) is 26.0 Å². The van der Waals surface area contributed by atoms with Gasteiger partial charge in [0.1, 0.15) is 0 Å². The molecule has 0 aliphatic carbocycles. The molecule has 0 saturated heterocycles. The molecule has 0 heterocycles. The van der Waals surface area contributed by atoms with E-state index in [4.69, 9.17) is 5.11 Å². The van der Waals surface area contributed by atoms with Gasteiger partial charge in [0.25, 0.3) is 15.9 Å². The minimum atomic E-state index is -3.90. The summed E-state index contributed by atoms with van der Waals surface area (Å²) in [6.45, 7) is 3.73. The van der Waals surface area contributed by atoms with Crippen LogP contribution in [0.1, 0.15) is 37.4 Å². The second-order valence-corrected chi connectivity index (χ2v) is 8.76. The number of aromatic carboxylic acids is 1. The van der Waals surface area contributed by atoms with E-state index in [0.717, 1.165) is 11.1 Å². The van der Waals surface area contributed by atoms with Gasteiger partial charge in [0, 0.05) is 5.56 Å². The number of nitrogens with one attached hydrogen (secondary N) is 2. The predicted octanol–water partition coefficient (Wildman–Crippen LogP) is 3.57. The van der Waals surface area contributed by atoms with Crippen LogP contribution in [0.25, 0.3) is 0 Å². The van der Waals surface area contributed by atoms with E-state index >= 15 is 0 Å². The lowest BCUT2D eigenvalue weighted by Gasteiger charge is -2.12. The summed E-state index contributed by atoms with van der Waals surface area (Å²) in [5.74, 6) is -1.63. The maximum atomic E-state index is 12.8. The average Bonchev–Trinajstić information content (AvgIpc) is 2.76. The molecule has 32 heavy (non-hydrogen) atoms. The third kappa shape index (κ3) is 5.58. The molecule has 0 unspecified atom stereocenters. The van der Waals surface area contributed by atoms with Gasteiger partial charge in [-0.15, -0.1) is 0 Å². The molecule has 0 fully saturated rings. The number of carboxylic acid groups (broad SMARTS) is 1. The normalized spacial score (nSPS) is 11.3. The van der Waals surface area contributed by atoms with Gasteiger partial charge in [-0.3, -0.25) is 9.52 Å². The number of rotatable bonds is 7. The largest absolute Gasteiger partial charge is 0.478 e. The van der Waals surface area contributed by atoms with Gasteiger partial charge in [0.15, 0.2) is 0 Å². The molecule has 3 N–H and O–H groups in total. The molecule has 3 rings (SSSR count). The molecular weight excluding hydrogens is 430 g/mol. The van der Waals surface area contributed by atoms with E-state index in [1.54, 1.807) is 18.2 Å². The Hall–Kier alpha value is -3.98. The molecule has 0 radical (unpaired) electrons. The van der Waals surface area contributed by atoms with Crippen LogP contribution in [0.2, 0.25) is 0 Å². The number of anilines is 1. The molecule has 0 saturated carbocycles. The summed E-state index contributed by atoms with van der Waals surface area (Å²) in [6.07, 6.45) is 1.35. The van der Waals surface area contributed by atoms with Crippen LogP contribution in [0.4, 0.5) is 5.69 Å². The molecule has 0 aliphatic rings. The van der Waals surface area contributed by atoms with E-state index in [2.05, 4.69) is 15.2 Å². The van der Waals surface area contributed by atoms with Crippen LogP contribution < -0.4 is 10.1 Å². The second-order valence-electron chi connectivity index (χ2n) is 7.08. The van der Waals surface area contributed by atoms with Crippen molar-refractivity contribution in [3.05, 3.63) is 94.5 Å². The average molecular weight is 452 g/mol. The van der Waals surface area contributed by atoms with E-state index < -0.39 is 21.9 Å². The maximum absolute atomic E-state index is 12.8. The molecule has 0 aromatic heterocycles. The van der Waals surface area contributed by atoms with Gasteiger partial charge in [-0.05, 0) is 61.4 Å². The van der Waals surface area contributed by atoms with Crippen molar-refractivity contribution in [2.75, 3.05) is 4.72 Å². The first kappa shape index (κ1) is 22.7. The van der Waals surface area contributed by atoms with Gasteiger partial charge >= 0.3 is 5.97 Å². The van der Waals surface area contributed by atoms with E-state index in [-0.39, 0.29) is 16.0 Å². The van der Waals surface area contributed by atoms with Crippen LogP contribution in [0.5, 0.6) is 0 Å². The monoisotopic (exact) mass is 451 g/mol. The Labute approximate surface area is 185 Å². The molecule has 164 valence electrons. The minimum Gasteiger partial charge on any atom is -0.478 e. The Balaban J connectivity index is 1.71. The van der Waals surface area contributed by atoms with Gasteiger partial charge in [-0.1, -0.05) is 35.9 Å². The lowest BCUT2D eigenvalue weighted by molar-refractivity contribution is 0.0696. The van der Waals surface area contributed by atoms with Gasteiger partial charge in [-0.25, -0.2) is 18.6 Å². The number of carboxylic acids is 1. The second kappa shape index (κ2) is 9.44. The van der Waals surface area contributed by atoms with Crippen molar-refractivity contribution in [3.8, 4) is 0 Å². The van der Waals surface area contributed by atoms with Gasteiger partial charge in [-0.2, -0.15) is 5.10 Å². The van der Waals surface area contributed by atoms with Crippen molar-refractivity contribution in [2.24, 2.45) is 5.10 Å². The highest BCUT2D eigenvalue weighted by Gasteiger charge is 2.17. The van der Waals surface area contributed by atoms with Crippen molar-refractivity contribution >= 4 is 33.8 Å². The smallest absolute Gasteiger partial charge is 0.335 e. The number of amides is 1. The third-order valence-electron chi connectivity index (χ3n) is 4.57. The van der Waals surface area contributed by atoms with Crippen molar-refractivity contribution in [3.63, 3.8) is 0 Å². The zero-order chi connectivity index (χ0) is 23.3. The first-order chi connectivity index (χ1) is 15.2. The molecule has 0 aliphatic heterocycles. The molecule has 0 atom stereocenters. The number of hydrogen-bond donors (Lipinski definition) is 3. The van der Waals surface area contributed by atoms with Crippen LogP contribution in [-0.2, 0) is 10.0 Å². The van der Waals surface area contributed by atoms with Crippen molar-refractivity contribution in [1.82, 2.24) is 5.43 Å². The molecule has 0 bridgehead atoms. The fraction of sp³-hybridized carbons (Fsp3) is 0.0870. The van der Waals surface area contributed by atoms with Crippen LogP contribution in [-0.4, -0.2) is 31.6 Å². The summed E-state index contributed by atoms with van der Waals surface area (Å²) in [4.78, 5) is 23.2. The quantitative estimate of drug-likeness (QED) is 0.374. The number of carbonyl (C=O) groups is 2. The summed E-state index contributed by atoms with van der Waals surface area (Å²) in [5, 5.41) is 12.7. The van der Waals surface area contributed by atoms with Crippen LogP contribution in [0.3, 0.4) is 0 Å². The lowest BCUT2D eigenvalue weighted by Crippen LogP contribution is -2.19. The highest BCUT2D eigenvalue weighted by molar-refractivity contribution is 7.92. The molecule has 3 aromatic rings. The SMILES string of the molecule is Cc1ccc(NS(=O)(=O)c2cccc(C(=O)N/N=C\c3ccc(C(=O)O)cc3)c2)c(C)c1. The maximum Gasteiger partial charge on any atom is 0.335 e. The Bertz CT molecular complexity index is 1300. The van der Waals surface area contributed by atoms with Gasteiger partial charge in [0.2, 0.25) is 0 Å². The summed E-state index contributed by atoms with van der Waals surface area (Å²) in [7, 11) is -3.90. The van der Waals surface area contributed by atoms with E-state index in [0.29, 0.717) is 11.3 Å². The minimum absolute atomic E-state index is 0.0571. The van der Waals surface area contributed by atoms with Crippen LogP contribution >= 0.6 is 0 Å². The molecule has 9 heteroatoms. The molecule has 1 amide bonds. The molecule has 0 spiro atoms. The van der Waals surface area contributed by atoms with Crippen molar-refractivity contribution in [1.29, 1.82) is 0 Å². The fourth-order valence-electron chi connectivity index (χ4n) is 2.88. The predicted molar refractivity (Wildman–Crippen MR) is 122 cm³/mol. The third-order valence-corrected chi connectivity index (χ3v) is 5.93. The zero-order valence-corrected chi connectivity index (χ0v) is 18.2. The number of sulfonamides is 1. The van der Waals surface area contributed by atoms with Crippen molar-refractivity contribution < 1.29 is 23.1 Å². The van der Waals surface area contributed by atoms with Gasteiger partial charge in [0.05, 0.1) is 22.4 Å². The summed E-state index contributed by atoms with van der Waals surface area (Å²) in [5.41, 5.74) is 5.43. The van der Waals surface area contributed by atoms with E-state index in [1.165, 1.54) is 42.6 Å². The number of nitrogens with zero attached hydrogens (tertiary/aromatic N) is 1. The number of hydrazone groups is 1. The van der Waals surface area contributed by atoms with Crippen LogP contribution in [0.15, 0.2) is 76.7 Å². The number of aryl methyl sites for hydroxylation is 2. The zero-order valence-electron chi connectivity index (χ0n) is 17.4.